The number of anilines is 1. The van der Waals surface area contributed by atoms with Crippen LogP contribution in [0.5, 0.6) is 0 Å². The lowest BCUT2D eigenvalue weighted by molar-refractivity contribution is 0.211. The Balaban J connectivity index is 2.13. The van der Waals surface area contributed by atoms with E-state index in [1.807, 2.05) is 24.1 Å². The summed E-state index contributed by atoms with van der Waals surface area (Å²) in [6.45, 7) is 3.57. The lowest BCUT2D eigenvalue weighted by atomic mass is 10.2. The van der Waals surface area contributed by atoms with E-state index < -0.39 is 0 Å². The maximum Gasteiger partial charge on any atom is 0.183 e. The van der Waals surface area contributed by atoms with Crippen molar-refractivity contribution in [1.82, 2.24) is 14.8 Å². The van der Waals surface area contributed by atoms with Crippen molar-refractivity contribution >= 4 is 16.5 Å². The van der Waals surface area contributed by atoms with E-state index in [0.29, 0.717) is 6.61 Å². The monoisotopic (exact) mass is 266 g/mol. The molecule has 0 unspecified atom stereocenters. The van der Waals surface area contributed by atoms with Crippen molar-refractivity contribution in [3.8, 4) is 10.4 Å². The van der Waals surface area contributed by atoms with Crippen molar-refractivity contribution in [2.45, 2.75) is 13.3 Å². The Kier molecular flexibility index (Phi) is 4.33. The minimum Gasteiger partial charge on any atom is -0.383 e. The Morgan fingerprint density at radius 3 is 3.06 bits per heavy atom. The second-order valence-electron chi connectivity index (χ2n) is 3.97. The van der Waals surface area contributed by atoms with Gasteiger partial charge in [0.2, 0.25) is 0 Å². The van der Waals surface area contributed by atoms with Crippen LogP contribution in [0.15, 0.2) is 12.4 Å². The summed E-state index contributed by atoms with van der Waals surface area (Å²) in [6, 6.07) is 0. The second-order valence-corrected chi connectivity index (χ2v) is 5.00. The molecule has 5 nitrogen and oxygen atoms in total. The van der Waals surface area contributed by atoms with E-state index in [-0.39, 0.29) is 0 Å². The van der Waals surface area contributed by atoms with Gasteiger partial charge in [-0.1, -0.05) is 18.3 Å². The summed E-state index contributed by atoms with van der Waals surface area (Å²) >= 11 is 1.65. The lowest BCUT2D eigenvalue weighted by Gasteiger charge is -1.99. The molecule has 0 fully saturated rings. The molecule has 0 aromatic carbocycles. The number of aryl methyl sites for hydroxylation is 2. The van der Waals surface area contributed by atoms with Crippen LogP contribution in [0.3, 0.4) is 0 Å². The van der Waals surface area contributed by atoms with E-state index in [1.165, 1.54) is 5.56 Å². The fraction of sp³-hybridized carbons (Fsp3) is 0.500. The molecule has 0 aliphatic carbocycles. The highest BCUT2D eigenvalue weighted by Gasteiger charge is 2.11. The topological polar surface area (TPSA) is 52.0 Å². The van der Waals surface area contributed by atoms with Gasteiger partial charge in [-0.3, -0.25) is 4.68 Å². The highest BCUT2D eigenvalue weighted by atomic mass is 32.1. The van der Waals surface area contributed by atoms with Crippen LogP contribution in [0.2, 0.25) is 0 Å². The van der Waals surface area contributed by atoms with Gasteiger partial charge < -0.3 is 10.1 Å². The van der Waals surface area contributed by atoms with Gasteiger partial charge in [0, 0.05) is 38.7 Å². The van der Waals surface area contributed by atoms with Crippen LogP contribution >= 0.6 is 11.3 Å². The van der Waals surface area contributed by atoms with Crippen molar-refractivity contribution in [1.29, 1.82) is 0 Å². The third-order valence-corrected chi connectivity index (χ3v) is 3.58. The lowest BCUT2D eigenvalue weighted by Crippen LogP contribution is -2.06. The highest BCUT2D eigenvalue weighted by molar-refractivity contribution is 7.18. The summed E-state index contributed by atoms with van der Waals surface area (Å²) in [4.78, 5) is 5.52. The quantitative estimate of drug-likeness (QED) is 0.814. The summed E-state index contributed by atoms with van der Waals surface area (Å²) in [5.74, 6) is 0. The molecule has 0 saturated carbocycles. The van der Waals surface area contributed by atoms with Crippen molar-refractivity contribution < 1.29 is 4.74 Å². The summed E-state index contributed by atoms with van der Waals surface area (Å²) in [7, 11) is 3.64. The highest BCUT2D eigenvalue weighted by Crippen LogP contribution is 2.31. The Bertz CT molecular complexity index is 506. The fourth-order valence-corrected chi connectivity index (χ4v) is 2.62. The van der Waals surface area contributed by atoms with Crippen LogP contribution in [-0.2, 0) is 18.2 Å². The molecule has 98 valence electrons. The third-order valence-electron chi connectivity index (χ3n) is 2.59. The molecule has 0 spiro atoms. The van der Waals surface area contributed by atoms with Gasteiger partial charge in [0.1, 0.15) is 0 Å². The first-order chi connectivity index (χ1) is 8.74. The van der Waals surface area contributed by atoms with Crippen LogP contribution in [0.4, 0.5) is 5.13 Å². The number of thiazole rings is 1. The smallest absolute Gasteiger partial charge is 0.183 e. The van der Waals surface area contributed by atoms with Gasteiger partial charge in [0.25, 0.3) is 0 Å². The number of nitrogens with zero attached hydrogens (tertiary/aromatic N) is 3. The van der Waals surface area contributed by atoms with Crippen molar-refractivity contribution in [3.05, 3.63) is 18.1 Å². The van der Waals surface area contributed by atoms with Gasteiger partial charge in [-0.2, -0.15) is 5.10 Å². The number of methoxy groups -OCH3 is 1. The molecule has 0 saturated heterocycles. The van der Waals surface area contributed by atoms with Gasteiger partial charge in [-0.15, -0.1) is 0 Å². The average molecular weight is 266 g/mol. The standard InChI is InChI=1S/C12H18N4OS/c1-4-10-9(8-16(2)15-10)11-7-14-12(18-11)13-5-6-17-3/h7-8H,4-6H2,1-3H3,(H,13,14). The van der Waals surface area contributed by atoms with Crippen LogP contribution in [-0.4, -0.2) is 35.0 Å². The predicted octanol–water partition coefficient (Wildman–Crippen LogP) is 2.16. The minimum absolute atomic E-state index is 0.683. The number of aromatic nitrogens is 3. The SMILES string of the molecule is CCc1nn(C)cc1-c1cnc(NCCOC)s1. The fourth-order valence-electron chi connectivity index (χ4n) is 1.74. The molecule has 0 aliphatic rings. The molecule has 6 heteroatoms. The second kappa shape index (κ2) is 5.97. The molecule has 2 aromatic rings. The largest absolute Gasteiger partial charge is 0.383 e. The summed E-state index contributed by atoms with van der Waals surface area (Å²) in [5, 5.41) is 8.60. The first-order valence-corrected chi connectivity index (χ1v) is 6.77. The summed E-state index contributed by atoms with van der Waals surface area (Å²) in [5.41, 5.74) is 2.29. The molecule has 2 aromatic heterocycles. The zero-order valence-electron chi connectivity index (χ0n) is 10.9. The third kappa shape index (κ3) is 2.88. The van der Waals surface area contributed by atoms with Gasteiger partial charge in [0.05, 0.1) is 17.2 Å². The maximum atomic E-state index is 5.00. The molecule has 0 radical (unpaired) electrons. The van der Waals surface area contributed by atoms with Crippen molar-refractivity contribution in [2.75, 3.05) is 25.6 Å². The van der Waals surface area contributed by atoms with Crippen molar-refractivity contribution in [3.63, 3.8) is 0 Å². The first kappa shape index (κ1) is 13.0. The molecule has 18 heavy (non-hydrogen) atoms. The van der Waals surface area contributed by atoms with E-state index in [9.17, 15) is 0 Å². The minimum atomic E-state index is 0.683. The number of rotatable bonds is 6. The van der Waals surface area contributed by atoms with Gasteiger partial charge in [-0.25, -0.2) is 4.98 Å². The molecule has 0 bridgehead atoms. The Morgan fingerprint density at radius 1 is 1.50 bits per heavy atom. The summed E-state index contributed by atoms with van der Waals surface area (Å²) < 4.78 is 6.85. The van der Waals surface area contributed by atoms with E-state index in [2.05, 4.69) is 22.3 Å². The Labute approximate surface area is 111 Å². The molecule has 0 atom stereocenters. The van der Waals surface area contributed by atoms with E-state index in [4.69, 9.17) is 4.74 Å². The number of nitrogens with one attached hydrogen (secondary N) is 1. The summed E-state index contributed by atoms with van der Waals surface area (Å²) in [6.07, 6.45) is 4.88. The van der Waals surface area contributed by atoms with E-state index >= 15 is 0 Å². The Hall–Kier alpha value is -1.40. The van der Waals surface area contributed by atoms with Crippen molar-refractivity contribution in [2.24, 2.45) is 7.05 Å². The van der Waals surface area contributed by atoms with Gasteiger partial charge in [-0.05, 0) is 6.42 Å². The van der Waals surface area contributed by atoms with Crippen LogP contribution in [0.25, 0.3) is 10.4 Å². The molecule has 2 rings (SSSR count). The number of ether oxygens (including phenoxy) is 1. The predicted molar refractivity (Wildman–Crippen MR) is 74.1 cm³/mol. The van der Waals surface area contributed by atoms with Crippen LogP contribution in [0.1, 0.15) is 12.6 Å². The first-order valence-electron chi connectivity index (χ1n) is 5.96. The van der Waals surface area contributed by atoms with E-state index in [1.54, 1.807) is 18.4 Å². The number of hydrogen-bond donors (Lipinski definition) is 1. The normalized spacial score (nSPS) is 10.8. The molecule has 1 N–H and O–H groups in total. The molecular formula is C12H18N4OS. The zero-order valence-corrected chi connectivity index (χ0v) is 11.8. The average Bonchev–Trinajstić information content (AvgIpc) is 2.95. The van der Waals surface area contributed by atoms with Crippen LogP contribution < -0.4 is 5.32 Å². The molecular weight excluding hydrogens is 248 g/mol. The van der Waals surface area contributed by atoms with Gasteiger partial charge in [0.15, 0.2) is 5.13 Å². The molecule has 0 aliphatic heterocycles. The van der Waals surface area contributed by atoms with Gasteiger partial charge >= 0.3 is 0 Å². The van der Waals surface area contributed by atoms with E-state index in [0.717, 1.165) is 28.7 Å². The zero-order chi connectivity index (χ0) is 13.0. The molecule has 2 heterocycles. The van der Waals surface area contributed by atoms with Crippen LogP contribution in [0, 0.1) is 0 Å². The number of hydrogen-bond acceptors (Lipinski definition) is 5. The Morgan fingerprint density at radius 2 is 2.33 bits per heavy atom. The molecule has 0 amide bonds. The maximum absolute atomic E-state index is 5.00.